The van der Waals surface area contributed by atoms with Gasteiger partial charge in [0.1, 0.15) is 17.7 Å². The van der Waals surface area contributed by atoms with E-state index in [1.54, 1.807) is 13.1 Å². The van der Waals surface area contributed by atoms with Crippen molar-refractivity contribution in [2.75, 3.05) is 13.2 Å². The monoisotopic (exact) mass is 353 g/mol. The average molecular weight is 353 g/mol. The summed E-state index contributed by atoms with van der Waals surface area (Å²) >= 11 is 0. The van der Waals surface area contributed by atoms with Crippen LogP contribution in [-0.2, 0) is 19.1 Å². The molecule has 2 aromatic rings. The fraction of sp³-hybridized carbons (Fsp3) is 0.316. The molecule has 0 bridgehead atoms. The molecule has 0 aliphatic carbocycles. The molecule has 2 aliphatic rings. The van der Waals surface area contributed by atoms with Crippen molar-refractivity contribution in [1.82, 2.24) is 15.3 Å². The van der Waals surface area contributed by atoms with Crippen LogP contribution in [-0.4, -0.2) is 40.9 Å². The van der Waals surface area contributed by atoms with Crippen molar-refractivity contribution >= 4 is 28.9 Å². The van der Waals surface area contributed by atoms with Gasteiger partial charge in [0.15, 0.2) is 5.78 Å². The number of pyridine rings is 1. The number of ether oxygens (including phenoxy) is 2. The van der Waals surface area contributed by atoms with Gasteiger partial charge >= 0.3 is 5.97 Å². The van der Waals surface area contributed by atoms with Crippen molar-refractivity contribution in [3.8, 4) is 0 Å². The Hall–Kier alpha value is -2.93. The third kappa shape index (κ3) is 2.80. The fourth-order valence-electron chi connectivity index (χ4n) is 3.46. The summed E-state index contributed by atoms with van der Waals surface area (Å²) in [5.41, 5.74) is 2.02. The van der Waals surface area contributed by atoms with Crippen molar-refractivity contribution < 1.29 is 19.1 Å². The zero-order chi connectivity index (χ0) is 18.1. The number of hydrogen-bond acceptors (Lipinski definition) is 6. The van der Waals surface area contributed by atoms with Crippen LogP contribution in [0.25, 0.3) is 17.1 Å². The number of aromatic nitrogens is 2. The molecule has 2 N–H and O–H groups in total. The number of fused-ring (bicyclic) bond motifs is 1. The van der Waals surface area contributed by atoms with Gasteiger partial charge < -0.3 is 19.8 Å². The minimum absolute atomic E-state index is 0.0715. The lowest BCUT2D eigenvalue weighted by atomic mass is 9.89. The summed E-state index contributed by atoms with van der Waals surface area (Å²) in [5, 5.41) is 4.13. The SMILES string of the molecule is CCOC(=O)C1=CO/C(=C\c2c[nH]c3ncccc23)C1C1NCCC1=O. The predicted octanol–water partition coefficient (Wildman–Crippen LogP) is 1.93. The van der Waals surface area contributed by atoms with Crippen LogP contribution in [0.2, 0.25) is 0 Å². The highest BCUT2D eigenvalue weighted by molar-refractivity contribution is 5.95. The Morgan fingerprint density at radius 3 is 3.15 bits per heavy atom. The van der Waals surface area contributed by atoms with Crippen LogP contribution in [0.4, 0.5) is 0 Å². The lowest BCUT2D eigenvalue weighted by Gasteiger charge is -2.20. The van der Waals surface area contributed by atoms with Gasteiger partial charge in [-0.05, 0) is 25.1 Å². The number of carbonyl (C=O) groups is 2. The lowest BCUT2D eigenvalue weighted by molar-refractivity contribution is -0.139. The van der Waals surface area contributed by atoms with E-state index in [4.69, 9.17) is 9.47 Å². The number of carbonyl (C=O) groups excluding carboxylic acids is 2. The van der Waals surface area contributed by atoms with Gasteiger partial charge in [-0.2, -0.15) is 0 Å². The molecule has 0 aromatic carbocycles. The van der Waals surface area contributed by atoms with Gasteiger partial charge in [-0.3, -0.25) is 4.79 Å². The van der Waals surface area contributed by atoms with E-state index in [0.29, 0.717) is 24.3 Å². The summed E-state index contributed by atoms with van der Waals surface area (Å²) in [6.45, 7) is 2.61. The first-order valence-corrected chi connectivity index (χ1v) is 8.62. The molecule has 2 aliphatic heterocycles. The van der Waals surface area contributed by atoms with E-state index in [0.717, 1.165) is 16.6 Å². The van der Waals surface area contributed by atoms with Crippen LogP contribution in [0.1, 0.15) is 18.9 Å². The van der Waals surface area contributed by atoms with Gasteiger partial charge in [0.25, 0.3) is 0 Å². The summed E-state index contributed by atoms with van der Waals surface area (Å²) in [6, 6.07) is 3.33. The Kier molecular flexibility index (Phi) is 4.30. The number of nitrogens with one attached hydrogen (secondary N) is 2. The minimum Gasteiger partial charge on any atom is -0.468 e. The second kappa shape index (κ2) is 6.76. The van der Waals surface area contributed by atoms with E-state index >= 15 is 0 Å². The third-order valence-electron chi connectivity index (χ3n) is 4.67. The first-order chi connectivity index (χ1) is 12.7. The molecular formula is C19H19N3O4. The van der Waals surface area contributed by atoms with Gasteiger partial charge in [0.2, 0.25) is 0 Å². The van der Waals surface area contributed by atoms with E-state index in [2.05, 4.69) is 15.3 Å². The maximum Gasteiger partial charge on any atom is 0.337 e. The van der Waals surface area contributed by atoms with Crippen LogP contribution in [0.5, 0.6) is 0 Å². The average Bonchev–Trinajstić information content (AvgIpc) is 3.34. The molecule has 0 spiro atoms. The number of esters is 1. The maximum atomic E-state index is 12.3. The topological polar surface area (TPSA) is 93.3 Å². The number of aromatic amines is 1. The van der Waals surface area contributed by atoms with E-state index in [9.17, 15) is 9.59 Å². The fourth-order valence-corrected chi connectivity index (χ4v) is 3.46. The van der Waals surface area contributed by atoms with Crippen molar-refractivity contribution in [2.24, 2.45) is 5.92 Å². The van der Waals surface area contributed by atoms with Crippen molar-refractivity contribution in [3.63, 3.8) is 0 Å². The lowest BCUT2D eigenvalue weighted by Crippen LogP contribution is -2.38. The quantitative estimate of drug-likeness (QED) is 0.816. The number of hydrogen-bond donors (Lipinski definition) is 2. The molecule has 2 aromatic heterocycles. The van der Waals surface area contributed by atoms with Crippen LogP contribution in [0, 0.1) is 5.92 Å². The number of nitrogens with zero attached hydrogens (tertiary/aromatic N) is 1. The molecule has 2 unspecified atom stereocenters. The summed E-state index contributed by atoms with van der Waals surface area (Å²) < 4.78 is 10.8. The first-order valence-electron chi connectivity index (χ1n) is 8.62. The minimum atomic E-state index is -0.495. The third-order valence-corrected chi connectivity index (χ3v) is 4.67. The number of rotatable bonds is 4. The smallest absolute Gasteiger partial charge is 0.337 e. The zero-order valence-corrected chi connectivity index (χ0v) is 14.3. The summed E-state index contributed by atoms with van der Waals surface area (Å²) in [7, 11) is 0. The molecule has 7 nitrogen and oxygen atoms in total. The molecule has 4 rings (SSSR count). The van der Waals surface area contributed by atoms with E-state index in [1.165, 1.54) is 6.26 Å². The summed E-state index contributed by atoms with van der Waals surface area (Å²) in [4.78, 5) is 32.0. The number of ketones is 1. The zero-order valence-electron chi connectivity index (χ0n) is 14.3. The second-order valence-corrected chi connectivity index (χ2v) is 6.23. The van der Waals surface area contributed by atoms with Crippen LogP contribution in [0.3, 0.4) is 0 Å². The van der Waals surface area contributed by atoms with E-state index < -0.39 is 17.9 Å². The Bertz CT molecular complexity index is 928. The Labute approximate surface area is 150 Å². The Balaban J connectivity index is 1.73. The highest BCUT2D eigenvalue weighted by atomic mass is 16.5. The van der Waals surface area contributed by atoms with Crippen LogP contribution in [0.15, 0.2) is 42.1 Å². The normalized spacial score (nSPS) is 24.1. The first kappa shape index (κ1) is 16.5. The summed E-state index contributed by atoms with van der Waals surface area (Å²) in [6.07, 6.45) is 7.24. The molecule has 0 radical (unpaired) electrons. The Morgan fingerprint density at radius 2 is 2.38 bits per heavy atom. The molecule has 7 heteroatoms. The number of Topliss-reactive ketones (excluding diaryl/α,β-unsaturated/α-hetero) is 1. The van der Waals surface area contributed by atoms with Gasteiger partial charge in [0.05, 0.1) is 24.1 Å². The largest absolute Gasteiger partial charge is 0.468 e. The highest BCUT2D eigenvalue weighted by Gasteiger charge is 2.43. The molecule has 26 heavy (non-hydrogen) atoms. The predicted molar refractivity (Wildman–Crippen MR) is 94.8 cm³/mol. The van der Waals surface area contributed by atoms with Crippen molar-refractivity contribution in [3.05, 3.63) is 47.7 Å². The van der Waals surface area contributed by atoms with Crippen molar-refractivity contribution in [1.29, 1.82) is 0 Å². The van der Waals surface area contributed by atoms with E-state index in [1.807, 2.05) is 24.4 Å². The van der Waals surface area contributed by atoms with Crippen LogP contribution >= 0.6 is 0 Å². The van der Waals surface area contributed by atoms with E-state index in [-0.39, 0.29) is 12.4 Å². The van der Waals surface area contributed by atoms with Gasteiger partial charge in [0, 0.05) is 36.3 Å². The van der Waals surface area contributed by atoms with Gasteiger partial charge in [-0.15, -0.1) is 0 Å². The van der Waals surface area contributed by atoms with Crippen LogP contribution < -0.4 is 5.32 Å². The highest BCUT2D eigenvalue weighted by Crippen LogP contribution is 2.36. The molecule has 134 valence electrons. The molecule has 1 saturated heterocycles. The molecule has 4 heterocycles. The van der Waals surface area contributed by atoms with Gasteiger partial charge in [-0.1, -0.05) is 0 Å². The second-order valence-electron chi connectivity index (χ2n) is 6.23. The molecule has 0 amide bonds. The summed E-state index contributed by atoms with van der Waals surface area (Å²) in [5.74, 6) is -0.332. The Morgan fingerprint density at radius 1 is 1.50 bits per heavy atom. The molecule has 1 fully saturated rings. The van der Waals surface area contributed by atoms with Gasteiger partial charge in [-0.25, -0.2) is 9.78 Å². The standard InChI is InChI=1S/C19H19N3O4/c1-2-25-19(24)13-10-26-15(16(13)17-14(23)5-7-20-17)8-11-9-22-18-12(11)4-3-6-21-18/h3-4,6,8-10,16-17,20H,2,5,7H2,1H3,(H,21,22)/b15-8-. The number of H-pyrrole nitrogens is 1. The molecule has 2 atom stereocenters. The maximum absolute atomic E-state index is 12.3. The molecular weight excluding hydrogens is 334 g/mol. The molecule has 0 saturated carbocycles. The van der Waals surface area contributed by atoms with Crippen molar-refractivity contribution in [2.45, 2.75) is 19.4 Å².